The third-order valence-electron chi connectivity index (χ3n) is 7.22. The van der Waals surface area contributed by atoms with Crippen LogP contribution >= 0.6 is 0 Å². The van der Waals surface area contributed by atoms with Crippen molar-refractivity contribution < 1.29 is 23.9 Å². The highest BCUT2D eigenvalue weighted by molar-refractivity contribution is 5.95. The van der Waals surface area contributed by atoms with E-state index in [1.165, 1.54) is 0 Å². The van der Waals surface area contributed by atoms with Crippen LogP contribution in [0, 0.1) is 5.92 Å². The summed E-state index contributed by atoms with van der Waals surface area (Å²) in [6.45, 7) is 1.78. The lowest BCUT2D eigenvalue weighted by Gasteiger charge is -2.32. The summed E-state index contributed by atoms with van der Waals surface area (Å²) in [7, 11) is 3.43. The minimum atomic E-state index is -0.184. The van der Waals surface area contributed by atoms with Gasteiger partial charge in [0.15, 0.2) is 12.3 Å². The van der Waals surface area contributed by atoms with Gasteiger partial charge in [-0.2, -0.15) is 5.10 Å². The van der Waals surface area contributed by atoms with Crippen LogP contribution in [0.2, 0.25) is 0 Å². The molecule has 1 aromatic carbocycles. The number of amides is 3. The molecule has 1 aromatic heterocycles. The second-order valence-corrected chi connectivity index (χ2v) is 9.80. The van der Waals surface area contributed by atoms with Gasteiger partial charge in [-0.25, -0.2) is 0 Å². The summed E-state index contributed by atoms with van der Waals surface area (Å²) >= 11 is 0. The number of nitrogens with zero attached hydrogens (tertiary/aromatic N) is 4. The second kappa shape index (κ2) is 10.2. The summed E-state index contributed by atoms with van der Waals surface area (Å²) in [6, 6.07) is 7.38. The average molecular weight is 496 g/mol. The highest BCUT2D eigenvalue weighted by atomic mass is 16.5. The molecular weight excluding hydrogens is 462 g/mol. The van der Waals surface area contributed by atoms with Crippen LogP contribution in [-0.2, 0) is 29.6 Å². The number of aromatic nitrogens is 2. The molecule has 2 aromatic rings. The van der Waals surface area contributed by atoms with Crippen molar-refractivity contribution in [2.45, 2.75) is 44.7 Å². The van der Waals surface area contributed by atoms with Gasteiger partial charge in [0.05, 0.1) is 13.0 Å². The van der Waals surface area contributed by atoms with E-state index in [4.69, 9.17) is 9.47 Å². The molecule has 1 atom stereocenters. The molecule has 2 fully saturated rings. The number of hydrogen-bond acceptors (Lipinski definition) is 6. The standard InChI is InChI=1S/C26H33N5O5/c1-29-22-11-13-30(23(32)16-36-20-9-7-19(35-2)8-10-20)15-21(22)24(28-29)26(34)31-12-3-4-17(14-31)25(33)27-18-5-6-18/h7-10,17-18H,3-6,11-16H2,1-2H3,(H,27,33)/t17-/m1/s1. The lowest BCUT2D eigenvalue weighted by molar-refractivity contribution is -0.134. The van der Waals surface area contributed by atoms with Gasteiger partial charge in [-0.15, -0.1) is 0 Å². The first kappa shape index (κ1) is 24.1. The number of hydrogen-bond donors (Lipinski definition) is 1. The molecule has 10 nitrogen and oxygen atoms in total. The molecule has 0 unspecified atom stereocenters. The van der Waals surface area contributed by atoms with Crippen molar-refractivity contribution in [1.82, 2.24) is 24.9 Å². The number of likely N-dealkylation sites (tertiary alicyclic amines) is 1. The van der Waals surface area contributed by atoms with Crippen molar-refractivity contribution in [3.63, 3.8) is 0 Å². The molecule has 1 saturated carbocycles. The number of benzene rings is 1. The van der Waals surface area contributed by atoms with E-state index < -0.39 is 0 Å². The summed E-state index contributed by atoms with van der Waals surface area (Å²) in [5.74, 6) is 0.856. The Balaban J connectivity index is 1.23. The maximum atomic E-state index is 13.5. The number of carbonyl (C=O) groups is 3. The van der Waals surface area contributed by atoms with Gasteiger partial charge in [-0.05, 0) is 49.9 Å². The summed E-state index contributed by atoms with van der Waals surface area (Å²) in [4.78, 5) is 42.5. The highest BCUT2D eigenvalue weighted by Crippen LogP contribution is 2.27. The quantitative estimate of drug-likeness (QED) is 0.625. The predicted octanol–water partition coefficient (Wildman–Crippen LogP) is 1.52. The number of ether oxygens (including phenoxy) is 2. The van der Waals surface area contributed by atoms with Crippen LogP contribution in [0.1, 0.15) is 47.4 Å². The van der Waals surface area contributed by atoms with E-state index in [0.717, 1.165) is 42.7 Å². The number of fused-ring (bicyclic) bond motifs is 1. The van der Waals surface area contributed by atoms with Crippen LogP contribution in [0.4, 0.5) is 0 Å². The van der Waals surface area contributed by atoms with E-state index in [1.54, 1.807) is 45.9 Å². The number of carbonyl (C=O) groups excluding carboxylic acids is 3. The zero-order chi connectivity index (χ0) is 25.2. The zero-order valence-corrected chi connectivity index (χ0v) is 20.9. The van der Waals surface area contributed by atoms with Crippen LogP contribution in [0.5, 0.6) is 11.5 Å². The molecule has 1 N–H and O–H groups in total. The molecule has 5 rings (SSSR count). The van der Waals surface area contributed by atoms with Crippen molar-refractivity contribution in [3.8, 4) is 11.5 Å². The van der Waals surface area contributed by atoms with Crippen molar-refractivity contribution in [3.05, 3.63) is 41.2 Å². The molecular formula is C26H33N5O5. The Morgan fingerprint density at radius 1 is 1.06 bits per heavy atom. The minimum Gasteiger partial charge on any atom is -0.497 e. The molecule has 10 heteroatoms. The van der Waals surface area contributed by atoms with Crippen LogP contribution in [0.3, 0.4) is 0 Å². The van der Waals surface area contributed by atoms with Crippen LogP contribution in [0.25, 0.3) is 0 Å². The van der Waals surface area contributed by atoms with Gasteiger partial charge in [0.1, 0.15) is 11.5 Å². The van der Waals surface area contributed by atoms with Crippen molar-refractivity contribution in [2.24, 2.45) is 13.0 Å². The number of nitrogens with one attached hydrogen (secondary N) is 1. The Hall–Kier alpha value is -3.56. The van der Waals surface area contributed by atoms with E-state index in [-0.39, 0.29) is 30.2 Å². The van der Waals surface area contributed by atoms with Crippen molar-refractivity contribution >= 4 is 17.7 Å². The first-order valence-electron chi connectivity index (χ1n) is 12.6. The van der Waals surface area contributed by atoms with Crippen LogP contribution in [-0.4, -0.2) is 76.7 Å². The van der Waals surface area contributed by atoms with E-state index in [2.05, 4.69) is 10.4 Å². The molecule has 0 spiro atoms. The second-order valence-electron chi connectivity index (χ2n) is 9.80. The van der Waals surface area contributed by atoms with Gasteiger partial charge >= 0.3 is 0 Å². The van der Waals surface area contributed by atoms with Crippen molar-refractivity contribution in [1.29, 1.82) is 0 Å². The Labute approximate surface area is 210 Å². The SMILES string of the molecule is COc1ccc(OCC(=O)N2CCc3c(c(C(=O)N4CCC[C@@H](C(=O)NC5CC5)C4)nn3C)C2)cc1. The van der Waals surface area contributed by atoms with Gasteiger partial charge in [-0.3, -0.25) is 19.1 Å². The Morgan fingerprint density at radius 2 is 1.81 bits per heavy atom. The molecule has 1 aliphatic carbocycles. The van der Waals surface area contributed by atoms with Crippen molar-refractivity contribution in [2.75, 3.05) is 33.4 Å². The first-order chi connectivity index (χ1) is 17.4. The normalized spacial score (nSPS) is 19.4. The Bertz CT molecular complexity index is 1140. The summed E-state index contributed by atoms with van der Waals surface area (Å²) in [5, 5.41) is 7.61. The lowest BCUT2D eigenvalue weighted by Crippen LogP contribution is -2.46. The lowest BCUT2D eigenvalue weighted by atomic mass is 9.96. The first-order valence-corrected chi connectivity index (χ1v) is 12.6. The third kappa shape index (κ3) is 5.17. The number of piperidine rings is 1. The Morgan fingerprint density at radius 3 is 2.53 bits per heavy atom. The maximum Gasteiger partial charge on any atom is 0.274 e. The van der Waals surface area contributed by atoms with E-state index in [1.807, 2.05) is 7.05 Å². The smallest absolute Gasteiger partial charge is 0.274 e. The topological polar surface area (TPSA) is 106 Å². The van der Waals surface area contributed by atoms with E-state index in [0.29, 0.717) is 50.1 Å². The molecule has 2 aliphatic heterocycles. The van der Waals surface area contributed by atoms with Gasteiger partial charge in [0.25, 0.3) is 11.8 Å². The zero-order valence-electron chi connectivity index (χ0n) is 20.9. The van der Waals surface area contributed by atoms with Gasteiger partial charge in [0.2, 0.25) is 5.91 Å². The average Bonchev–Trinajstić information content (AvgIpc) is 3.67. The van der Waals surface area contributed by atoms with Gasteiger partial charge < -0.3 is 24.6 Å². The molecule has 3 heterocycles. The number of methoxy groups -OCH3 is 1. The van der Waals surface area contributed by atoms with Crippen LogP contribution < -0.4 is 14.8 Å². The minimum absolute atomic E-state index is 0.0479. The van der Waals surface area contributed by atoms with E-state index >= 15 is 0 Å². The predicted molar refractivity (Wildman–Crippen MR) is 131 cm³/mol. The molecule has 0 radical (unpaired) electrons. The molecule has 36 heavy (non-hydrogen) atoms. The summed E-state index contributed by atoms with van der Waals surface area (Å²) < 4.78 is 12.6. The summed E-state index contributed by atoms with van der Waals surface area (Å²) in [6.07, 6.45) is 4.28. The molecule has 1 saturated heterocycles. The third-order valence-corrected chi connectivity index (χ3v) is 7.22. The fourth-order valence-electron chi connectivity index (χ4n) is 4.96. The number of aryl methyl sites for hydroxylation is 1. The molecule has 0 bridgehead atoms. The van der Waals surface area contributed by atoms with Gasteiger partial charge in [0, 0.05) is 56.9 Å². The molecule has 3 amide bonds. The fraction of sp³-hybridized carbons (Fsp3) is 0.538. The highest BCUT2D eigenvalue weighted by Gasteiger charge is 2.35. The monoisotopic (exact) mass is 495 g/mol. The fourth-order valence-corrected chi connectivity index (χ4v) is 4.96. The van der Waals surface area contributed by atoms with Gasteiger partial charge in [-0.1, -0.05) is 0 Å². The Kier molecular flexibility index (Phi) is 6.84. The molecule has 192 valence electrons. The molecule has 3 aliphatic rings. The summed E-state index contributed by atoms with van der Waals surface area (Å²) in [5.41, 5.74) is 2.14. The van der Waals surface area contributed by atoms with E-state index in [9.17, 15) is 14.4 Å². The number of rotatable bonds is 7. The largest absolute Gasteiger partial charge is 0.497 e. The maximum absolute atomic E-state index is 13.5. The van der Waals surface area contributed by atoms with Crippen LogP contribution in [0.15, 0.2) is 24.3 Å².